The van der Waals surface area contributed by atoms with Gasteiger partial charge in [-0.2, -0.15) is 0 Å². The lowest BCUT2D eigenvalue weighted by Gasteiger charge is -2.01. The summed E-state index contributed by atoms with van der Waals surface area (Å²) >= 11 is 2.79. The maximum atomic E-state index is 12.3. The molecule has 4 nitrogen and oxygen atoms in total. The number of nitrogens with one attached hydrogen (secondary N) is 1. The number of aromatic nitrogens is 1. The van der Waals surface area contributed by atoms with Gasteiger partial charge in [0.1, 0.15) is 10.6 Å². The van der Waals surface area contributed by atoms with Crippen LogP contribution in [-0.2, 0) is 0 Å². The topological polar surface area (TPSA) is 51.2 Å². The zero-order valence-corrected chi connectivity index (χ0v) is 12.8. The minimum absolute atomic E-state index is 0.200. The molecule has 0 unspecified atom stereocenters. The van der Waals surface area contributed by atoms with Gasteiger partial charge in [-0.25, -0.2) is 4.98 Å². The second-order valence-corrected chi connectivity index (χ2v) is 6.11. The first-order valence-electron chi connectivity index (χ1n) is 6.22. The van der Waals surface area contributed by atoms with Crippen molar-refractivity contribution in [3.05, 3.63) is 52.9 Å². The van der Waals surface area contributed by atoms with E-state index in [1.54, 1.807) is 13.3 Å². The molecule has 0 aliphatic rings. The second kappa shape index (κ2) is 6.07. The number of hydrogen-bond donors (Lipinski definition) is 1. The maximum Gasteiger partial charge on any atom is 0.271 e. The molecule has 0 aliphatic heterocycles. The van der Waals surface area contributed by atoms with E-state index in [4.69, 9.17) is 4.74 Å². The van der Waals surface area contributed by atoms with E-state index < -0.39 is 0 Å². The predicted molar refractivity (Wildman–Crippen MR) is 86.4 cm³/mol. The van der Waals surface area contributed by atoms with E-state index in [0.29, 0.717) is 15.8 Å². The minimum Gasteiger partial charge on any atom is -0.495 e. The summed E-state index contributed by atoms with van der Waals surface area (Å²) in [6.45, 7) is 0. The lowest BCUT2D eigenvalue weighted by molar-refractivity contribution is 0.102. The summed E-state index contributed by atoms with van der Waals surface area (Å²) in [4.78, 5) is 17.9. The molecular weight excluding hydrogens is 304 g/mol. The first kappa shape index (κ1) is 13.8. The quantitative estimate of drug-likeness (QED) is 0.787. The molecule has 0 spiro atoms. The summed E-state index contributed by atoms with van der Waals surface area (Å²) in [5.74, 6) is 0.377. The van der Waals surface area contributed by atoms with Crippen LogP contribution in [0.25, 0.3) is 10.4 Å². The smallest absolute Gasteiger partial charge is 0.271 e. The Labute approximate surface area is 130 Å². The molecule has 3 rings (SSSR count). The van der Waals surface area contributed by atoms with Crippen LogP contribution < -0.4 is 10.1 Å². The molecule has 6 heteroatoms. The summed E-state index contributed by atoms with van der Waals surface area (Å²) in [6, 6.07) is 11.8. The number of ether oxygens (including phenoxy) is 1. The molecule has 1 N–H and O–H groups in total. The van der Waals surface area contributed by atoms with Crippen LogP contribution in [0.2, 0.25) is 0 Å². The van der Waals surface area contributed by atoms with Crippen LogP contribution in [0.5, 0.6) is 5.75 Å². The molecule has 1 aromatic carbocycles. The summed E-state index contributed by atoms with van der Waals surface area (Å²) in [5.41, 5.74) is 1.06. The van der Waals surface area contributed by atoms with Gasteiger partial charge in [0.25, 0.3) is 5.91 Å². The molecule has 1 amide bonds. The van der Waals surface area contributed by atoms with Crippen molar-refractivity contribution in [2.45, 2.75) is 0 Å². The van der Waals surface area contributed by atoms with E-state index >= 15 is 0 Å². The zero-order chi connectivity index (χ0) is 14.7. The van der Waals surface area contributed by atoms with E-state index in [2.05, 4.69) is 10.3 Å². The van der Waals surface area contributed by atoms with E-state index in [1.807, 2.05) is 41.8 Å². The highest BCUT2D eigenvalue weighted by molar-refractivity contribution is 7.18. The number of nitrogens with zero attached hydrogens (tertiary/aromatic N) is 1. The van der Waals surface area contributed by atoms with Gasteiger partial charge in [0.2, 0.25) is 0 Å². The summed E-state index contributed by atoms with van der Waals surface area (Å²) in [5, 5.41) is 5.17. The fourth-order valence-corrected chi connectivity index (χ4v) is 3.42. The van der Waals surface area contributed by atoms with Gasteiger partial charge in [0.05, 0.1) is 7.11 Å². The van der Waals surface area contributed by atoms with Gasteiger partial charge < -0.3 is 4.74 Å². The third kappa shape index (κ3) is 2.96. The molecule has 0 saturated heterocycles. The number of benzene rings is 1. The van der Waals surface area contributed by atoms with Gasteiger partial charge in [-0.1, -0.05) is 30.3 Å². The first-order valence-corrected chi connectivity index (χ1v) is 7.91. The van der Waals surface area contributed by atoms with Gasteiger partial charge in [-0.15, -0.1) is 22.7 Å². The van der Waals surface area contributed by atoms with Gasteiger partial charge >= 0.3 is 0 Å². The van der Waals surface area contributed by atoms with Crippen molar-refractivity contribution in [3.63, 3.8) is 0 Å². The lowest BCUT2D eigenvalue weighted by Crippen LogP contribution is -2.10. The van der Waals surface area contributed by atoms with Crippen molar-refractivity contribution in [2.24, 2.45) is 0 Å². The Morgan fingerprint density at radius 2 is 2.10 bits per heavy atom. The molecule has 21 heavy (non-hydrogen) atoms. The highest BCUT2D eigenvalue weighted by Crippen LogP contribution is 2.36. The molecule has 0 saturated carbocycles. The second-order valence-electron chi connectivity index (χ2n) is 4.17. The number of carbonyl (C=O) groups excluding carboxylic acids is 1. The van der Waals surface area contributed by atoms with Crippen LogP contribution in [-0.4, -0.2) is 18.0 Å². The van der Waals surface area contributed by atoms with Crippen molar-refractivity contribution in [2.75, 3.05) is 12.4 Å². The molecule has 106 valence electrons. The predicted octanol–water partition coefficient (Wildman–Crippen LogP) is 4.13. The van der Waals surface area contributed by atoms with Crippen molar-refractivity contribution in [3.8, 4) is 16.2 Å². The molecule has 0 bridgehead atoms. The van der Waals surface area contributed by atoms with Crippen molar-refractivity contribution in [1.29, 1.82) is 0 Å². The average molecular weight is 316 g/mol. The summed E-state index contributed by atoms with van der Waals surface area (Å²) < 4.78 is 5.32. The number of thiophene rings is 1. The van der Waals surface area contributed by atoms with Gasteiger partial charge in [0.15, 0.2) is 5.13 Å². The molecule has 0 atom stereocenters. The van der Waals surface area contributed by atoms with Crippen LogP contribution >= 0.6 is 22.7 Å². The first-order chi connectivity index (χ1) is 10.3. The molecule has 0 fully saturated rings. The normalized spacial score (nSPS) is 10.3. The average Bonchev–Trinajstić information content (AvgIpc) is 3.17. The third-order valence-electron chi connectivity index (χ3n) is 2.84. The largest absolute Gasteiger partial charge is 0.495 e. The third-order valence-corrected chi connectivity index (χ3v) is 4.69. The molecule has 0 radical (unpaired) electrons. The molecule has 2 heterocycles. The summed E-state index contributed by atoms with van der Waals surface area (Å²) in [7, 11) is 1.57. The van der Waals surface area contributed by atoms with E-state index in [1.165, 1.54) is 22.7 Å². The van der Waals surface area contributed by atoms with Crippen LogP contribution in [0, 0.1) is 0 Å². The Kier molecular flexibility index (Phi) is 3.98. The molecule has 3 aromatic rings. The standard InChI is InChI=1S/C15H12N2O2S2/c1-19-11-9-12(10-5-3-2-4-6-10)21-13(11)14(18)17-15-16-7-8-20-15/h2-9H,1H3,(H,16,17,18). The number of carbonyl (C=O) groups is 1. The number of amides is 1. The maximum absolute atomic E-state index is 12.3. The Morgan fingerprint density at radius 3 is 2.76 bits per heavy atom. The number of hydrogen-bond acceptors (Lipinski definition) is 5. The fourth-order valence-electron chi connectivity index (χ4n) is 1.87. The van der Waals surface area contributed by atoms with E-state index in [9.17, 15) is 4.79 Å². The van der Waals surface area contributed by atoms with Crippen LogP contribution in [0.4, 0.5) is 5.13 Å². The number of thiazole rings is 1. The Bertz CT molecular complexity index is 736. The van der Waals surface area contributed by atoms with Crippen molar-refractivity contribution >= 4 is 33.7 Å². The Hall–Kier alpha value is -2.18. The highest BCUT2D eigenvalue weighted by Gasteiger charge is 2.18. The van der Waals surface area contributed by atoms with Gasteiger partial charge in [0, 0.05) is 16.5 Å². The minimum atomic E-state index is -0.200. The zero-order valence-electron chi connectivity index (χ0n) is 11.2. The number of anilines is 1. The van der Waals surface area contributed by atoms with E-state index in [-0.39, 0.29) is 5.91 Å². The van der Waals surface area contributed by atoms with Gasteiger partial charge in [-0.3, -0.25) is 10.1 Å². The Morgan fingerprint density at radius 1 is 1.29 bits per heavy atom. The SMILES string of the molecule is COc1cc(-c2ccccc2)sc1C(=O)Nc1nccs1. The molecule has 2 aromatic heterocycles. The number of methoxy groups -OCH3 is 1. The highest BCUT2D eigenvalue weighted by atomic mass is 32.1. The van der Waals surface area contributed by atoms with Crippen LogP contribution in [0.15, 0.2) is 48.0 Å². The fraction of sp³-hybridized carbons (Fsp3) is 0.0667. The van der Waals surface area contributed by atoms with Crippen molar-refractivity contribution in [1.82, 2.24) is 4.98 Å². The van der Waals surface area contributed by atoms with Crippen LogP contribution in [0.1, 0.15) is 9.67 Å². The number of rotatable bonds is 4. The van der Waals surface area contributed by atoms with E-state index in [0.717, 1.165) is 10.4 Å². The lowest BCUT2D eigenvalue weighted by atomic mass is 10.2. The summed E-state index contributed by atoms with van der Waals surface area (Å²) in [6.07, 6.45) is 1.65. The Balaban J connectivity index is 1.91. The van der Waals surface area contributed by atoms with Gasteiger partial charge in [-0.05, 0) is 11.6 Å². The van der Waals surface area contributed by atoms with Crippen LogP contribution in [0.3, 0.4) is 0 Å². The molecular formula is C15H12N2O2S2. The monoisotopic (exact) mass is 316 g/mol. The van der Waals surface area contributed by atoms with Crippen molar-refractivity contribution < 1.29 is 9.53 Å². The molecule has 0 aliphatic carbocycles.